The van der Waals surface area contributed by atoms with Crippen LogP contribution in [0.3, 0.4) is 0 Å². The van der Waals surface area contributed by atoms with E-state index in [4.69, 9.17) is 10.00 Å². The summed E-state index contributed by atoms with van der Waals surface area (Å²) in [5.74, 6) is 6.14. The summed E-state index contributed by atoms with van der Waals surface area (Å²) in [6, 6.07) is 11.5. The van der Waals surface area contributed by atoms with Crippen molar-refractivity contribution in [2.24, 2.45) is 0 Å². The van der Waals surface area contributed by atoms with Crippen molar-refractivity contribution < 1.29 is 26.9 Å². The van der Waals surface area contributed by atoms with Gasteiger partial charge in [0.25, 0.3) is 0 Å². The number of benzene rings is 2. The largest absolute Gasteiger partial charge is 0.477 e. The van der Waals surface area contributed by atoms with E-state index in [0.717, 1.165) is 17.9 Å². The average Bonchev–Trinajstić information content (AvgIpc) is 3.23. The number of thiophene rings is 1. The molecule has 4 rings (SSSR count). The van der Waals surface area contributed by atoms with Crippen LogP contribution in [0.5, 0.6) is 5.75 Å². The van der Waals surface area contributed by atoms with Crippen LogP contribution in [0.1, 0.15) is 16.9 Å². The lowest BCUT2D eigenvalue weighted by molar-refractivity contribution is -0.126. The van der Waals surface area contributed by atoms with Crippen LogP contribution in [0.15, 0.2) is 36.4 Å². The summed E-state index contributed by atoms with van der Waals surface area (Å²) in [6.07, 6.45) is -6.07. The minimum Gasteiger partial charge on any atom is -0.477 e. The van der Waals surface area contributed by atoms with E-state index in [2.05, 4.69) is 22.5 Å². The van der Waals surface area contributed by atoms with Crippen molar-refractivity contribution in [3.63, 3.8) is 0 Å². The molecule has 12 heteroatoms. The summed E-state index contributed by atoms with van der Waals surface area (Å²) in [5.41, 5.74) is 1.21. The maximum absolute atomic E-state index is 14.7. The number of rotatable bonds is 8. The van der Waals surface area contributed by atoms with Gasteiger partial charge in [-0.1, -0.05) is 24.0 Å². The van der Waals surface area contributed by atoms with Gasteiger partial charge in [-0.25, -0.2) is 4.39 Å². The van der Waals surface area contributed by atoms with Gasteiger partial charge in [-0.3, -0.25) is 0 Å². The maximum atomic E-state index is 14.7. The van der Waals surface area contributed by atoms with Gasteiger partial charge in [0.15, 0.2) is 6.61 Å². The first-order chi connectivity index (χ1) is 19.4. The van der Waals surface area contributed by atoms with Crippen molar-refractivity contribution in [2.75, 3.05) is 57.3 Å². The normalized spacial score (nSPS) is 17.9. The zero-order chi connectivity index (χ0) is 29.8. The van der Waals surface area contributed by atoms with Crippen LogP contribution in [0.2, 0.25) is 0 Å². The number of alkyl halides is 4. The van der Waals surface area contributed by atoms with E-state index in [1.807, 2.05) is 18.0 Å². The third-order valence-electron chi connectivity index (χ3n) is 6.73. The molecule has 0 radical (unpaired) electrons. The molecular weight excluding hydrogens is 575 g/mol. The monoisotopic (exact) mass is 606 g/mol. The first kappa shape index (κ1) is 30.7. The summed E-state index contributed by atoms with van der Waals surface area (Å²) in [7, 11) is -0.709. The summed E-state index contributed by atoms with van der Waals surface area (Å²) in [4.78, 5) is 2.21. The topological polar surface area (TPSA) is 77.4 Å². The highest BCUT2D eigenvalue weighted by atomic mass is 32.1. The Labute approximate surface area is 241 Å². The van der Waals surface area contributed by atoms with Gasteiger partial charge in [0.05, 0.1) is 40.0 Å². The number of nitrogens with zero attached hydrogens (tertiary/aromatic N) is 2. The van der Waals surface area contributed by atoms with Crippen LogP contribution in [-0.2, 0) is 11.0 Å². The molecule has 0 bridgehead atoms. The molecule has 41 heavy (non-hydrogen) atoms. The van der Waals surface area contributed by atoms with E-state index in [9.17, 15) is 22.1 Å². The van der Waals surface area contributed by atoms with Gasteiger partial charge < -0.3 is 24.8 Å². The van der Waals surface area contributed by atoms with Crippen LogP contribution < -0.4 is 20.7 Å². The van der Waals surface area contributed by atoms with E-state index < -0.39 is 32.0 Å². The number of nitriles is 1. The molecule has 1 aliphatic heterocycles. The zero-order valence-electron chi connectivity index (χ0n) is 22.9. The lowest BCUT2D eigenvalue weighted by Gasteiger charge is -2.33. The van der Waals surface area contributed by atoms with E-state index in [1.54, 1.807) is 49.7 Å². The molecule has 1 aliphatic rings. The Kier molecular flexibility index (Phi) is 9.54. The molecule has 3 aromatic rings. The van der Waals surface area contributed by atoms with Crippen LogP contribution in [0, 0.1) is 23.2 Å². The molecule has 2 heterocycles. The Morgan fingerprint density at radius 3 is 2.68 bits per heavy atom. The molecule has 218 valence electrons. The third kappa shape index (κ3) is 7.95. The van der Waals surface area contributed by atoms with Gasteiger partial charge in [0, 0.05) is 18.4 Å². The Balaban J connectivity index is 1.61. The van der Waals surface area contributed by atoms with Crippen molar-refractivity contribution >= 4 is 45.2 Å². The first-order valence-electron chi connectivity index (χ1n) is 13.0. The molecule has 2 aromatic carbocycles. The molecule has 0 spiro atoms. The number of likely N-dealkylation sites (tertiary alicyclic amines) is 1. The quantitative estimate of drug-likeness (QED) is 0.184. The third-order valence-corrected chi connectivity index (χ3v) is 9.45. The maximum Gasteiger partial charge on any atom is 0.393 e. The summed E-state index contributed by atoms with van der Waals surface area (Å²) in [5, 5.41) is 16.3. The molecule has 1 fully saturated rings. The van der Waals surface area contributed by atoms with Crippen LogP contribution in [0.25, 0.3) is 10.1 Å². The van der Waals surface area contributed by atoms with E-state index in [1.165, 1.54) is 0 Å². The highest BCUT2D eigenvalue weighted by molar-refractivity contribution is 7.70. The Bertz CT molecular complexity index is 1550. The van der Waals surface area contributed by atoms with Gasteiger partial charge in [-0.05, 0) is 62.0 Å². The second kappa shape index (κ2) is 12.7. The fraction of sp³-hybridized carbons (Fsp3) is 0.414. The Morgan fingerprint density at radius 1 is 1.22 bits per heavy atom. The molecule has 6 nitrogen and oxygen atoms in total. The average molecular weight is 607 g/mol. The number of ether oxygens (including phenoxy) is 1. The van der Waals surface area contributed by atoms with Gasteiger partial charge in [-0.15, -0.1) is 11.3 Å². The van der Waals surface area contributed by atoms with Crippen molar-refractivity contribution in [3.05, 3.63) is 46.8 Å². The second-order valence-corrected chi connectivity index (χ2v) is 14.6. The van der Waals surface area contributed by atoms with Crippen LogP contribution in [-0.4, -0.2) is 69.9 Å². The first-order valence-corrected chi connectivity index (χ1v) is 16.4. The van der Waals surface area contributed by atoms with Crippen LogP contribution >= 0.6 is 18.5 Å². The highest BCUT2D eigenvalue weighted by Gasteiger charge is 2.32. The molecular formula is C29H31F4N4O2PS. The van der Waals surface area contributed by atoms with Crippen molar-refractivity contribution in [2.45, 2.75) is 31.2 Å². The fourth-order valence-corrected chi connectivity index (χ4v) is 6.70. The minimum absolute atomic E-state index is 0.0854. The van der Waals surface area contributed by atoms with Gasteiger partial charge in [0.1, 0.15) is 25.1 Å². The summed E-state index contributed by atoms with van der Waals surface area (Å²) >= 11 is 1.16. The Hall–Kier alpha value is -3.24. The number of nitrogens with one attached hydrogen (secondary N) is 2. The molecule has 1 saturated heterocycles. The SMILES string of the molecule is CN1CC[C@@H](Nc2cccc3c(CC(F)(F)F)c(C#CCNc4ccc(P(C)(C)=O)cc4OCC#N)sc23)[C@H](F)C1. The number of anilines is 2. The lowest BCUT2D eigenvalue weighted by atomic mass is 10.0. The molecule has 0 unspecified atom stereocenters. The van der Waals surface area contributed by atoms with Gasteiger partial charge in [0.2, 0.25) is 0 Å². The van der Waals surface area contributed by atoms with Crippen molar-refractivity contribution in [1.29, 1.82) is 5.26 Å². The van der Waals surface area contributed by atoms with E-state index in [-0.39, 0.29) is 18.7 Å². The molecule has 0 saturated carbocycles. The summed E-state index contributed by atoms with van der Waals surface area (Å²) in [6.45, 7) is 4.16. The second-order valence-electron chi connectivity index (χ2n) is 10.3. The molecule has 0 aliphatic carbocycles. The number of hydrogen-bond acceptors (Lipinski definition) is 7. The molecule has 2 N–H and O–H groups in total. The number of hydrogen-bond donors (Lipinski definition) is 2. The predicted molar refractivity (Wildman–Crippen MR) is 158 cm³/mol. The van der Waals surface area contributed by atoms with E-state index in [0.29, 0.717) is 50.4 Å². The van der Waals surface area contributed by atoms with Crippen LogP contribution in [0.4, 0.5) is 28.9 Å². The lowest BCUT2D eigenvalue weighted by Crippen LogP contribution is -2.46. The minimum atomic E-state index is -4.43. The van der Waals surface area contributed by atoms with Gasteiger partial charge in [-0.2, -0.15) is 18.4 Å². The predicted octanol–water partition coefficient (Wildman–Crippen LogP) is 6.07. The summed E-state index contributed by atoms with van der Waals surface area (Å²) < 4.78 is 74.0. The number of halogens is 4. The highest BCUT2D eigenvalue weighted by Crippen LogP contribution is 2.40. The standard InChI is InChI=1S/C29H31F4N4O2PS/c1-37-14-11-23(22(30)18-37)36-25-7-4-6-20-21(17-29(31,32)33)27(41-28(20)25)8-5-13-35-24-10-9-19(40(2,3)38)16-26(24)39-15-12-34/h4,6-7,9-10,16,22-23,35-36H,11,13-15,17-18H2,1-3H3/t22-,23-/m1/s1. The Morgan fingerprint density at radius 2 is 2.00 bits per heavy atom. The molecule has 2 atom stereocenters. The fourth-order valence-electron chi connectivity index (χ4n) is 4.67. The van der Waals surface area contributed by atoms with Crippen molar-refractivity contribution in [3.8, 4) is 23.7 Å². The smallest absolute Gasteiger partial charge is 0.393 e. The number of fused-ring (bicyclic) bond motifs is 1. The van der Waals surface area contributed by atoms with E-state index >= 15 is 0 Å². The molecule has 1 aromatic heterocycles. The number of piperidine rings is 1. The zero-order valence-corrected chi connectivity index (χ0v) is 24.7. The van der Waals surface area contributed by atoms with Crippen molar-refractivity contribution in [1.82, 2.24) is 4.90 Å². The van der Waals surface area contributed by atoms with Gasteiger partial charge >= 0.3 is 6.18 Å². The molecule has 0 amide bonds.